The van der Waals surface area contributed by atoms with Crippen molar-refractivity contribution < 1.29 is 9.53 Å². The van der Waals surface area contributed by atoms with E-state index in [2.05, 4.69) is 4.74 Å². The third-order valence-corrected chi connectivity index (χ3v) is 3.00. The quantitative estimate of drug-likeness (QED) is 0.473. The Morgan fingerprint density at radius 3 is 2.87 bits per heavy atom. The maximum absolute atomic E-state index is 10.8. The van der Waals surface area contributed by atoms with Crippen LogP contribution in [0.15, 0.2) is 24.3 Å². The maximum atomic E-state index is 10.8. The molecule has 0 fully saturated rings. The number of thioether (sulfide) groups is 1. The second-order valence-corrected chi connectivity index (χ2v) is 4.18. The maximum Gasteiger partial charge on any atom is 0.306 e. The molecule has 0 aliphatic rings. The average Bonchev–Trinajstić information content (AvgIpc) is 2.26. The molecule has 0 radical (unpaired) electrons. The highest BCUT2D eigenvalue weighted by Gasteiger charge is 2.01. The van der Waals surface area contributed by atoms with Gasteiger partial charge < -0.3 is 10.5 Å². The summed E-state index contributed by atoms with van der Waals surface area (Å²) in [5.41, 5.74) is 7.71. The molecule has 1 rings (SSSR count). The Morgan fingerprint density at radius 2 is 2.20 bits per heavy atom. The number of ether oxygens (including phenoxy) is 1. The minimum absolute atomic E-state index is 0.163. The molecule has 0 saturated carbocycles. The Hall–Kier alpha value is -1.16. The van der Waals surface area contributed by atoms with Crippen LogP contribution in [0.3, 0.4) is 0 Å². The van der Waals surface area contributed by atoms with Gasteiger partial charge in [0.25, 0.3) is 0 Å². The van der Waals surface area contributed by atoms with Crippen molar-refractivity contribution in [2.75, 3.05) is 18.6 Å². The average molecular weight is 225 g/mol. The minimum Gasteiger partial charge on any atom is -0.469 e. The lowest BCUT2D eigenvalue weighted by atomic mass is 10.2. The van der Waals surface area contributed by atoms with Crippen molar-refractivity contribution in [1.29, 1.82) is 0 Å². The summed E-state index contributed by atoms with van der Waals surface area (Å²) in [6.45, 7) is 0. The Kier molecular flexibility index (Phi) is 5.04. The van der Waals surface area contributed by atoms with Crippen molar-refractivity contribution in [3.63, 3.8) is 0 Å². The number of anilines is 1. The van der Waals surface area contributed by atoms with Gasteiger partial charge in [-0.05, 0) is 11.6 Å². The standard InChI is InChI=1S/C11H15NO2S/c1-14-11(13)6-7-15-8-9-4-2-3-5-10(9)12/h2-5H,6-8,12H2,1H3. The van der Waals surface area contributed by atoms with Crippen molar-refractivity contribution in [3.05, 3.63) is 29.8 Å². The number of esters is 1. The number of benzene rings is 1. The van der Waals surface area contributed by atoms with E-state index < -0.39 is 0 Å². The van der Waals surface area contributed by atoms with Crippen LogP contribution in [0.2, 0.25) is 0 Å². The highest BCUT2D eigenvalue weighted by Crippen LogP contribution is 2.18. The lowest BCUT2D eigenvalue weighted by molar-refractivity contribution is -0.140. The van der Waals surface area contributed by atoms with Gasteiger partial charge in [0.2, 0.25) is 0 Å². The van der Waals surface area contributed by atoms with E-state index in [1.165, 1.54) is 7.11 Å². The second-order valence-electron chi connectivity index (χ2n) is 3.08. The van der Waals surface area contributed by atoms with Gasteiger partial charge in [0.05, 0.1) is 13.5 Å². The first-order valence-electron chi connectivity index (χ1n) is 4.72. The van der Waals surface area contributed by atoms with Gasteiger partial charge in [0.15, 0.2) is 0 Å². The fourth-order valence-corrected chi connectivity index (χ4v) is 2.04. The zero-order valence-corrected chi connectivity index (χ0v) is 9.55. The molecule has 0 aromatic heterocycles. The van der Waals surface area contributed by atoms with E-state index in [1.54, 1.807) is 11.8 Å². The Bertz CT molecular complexity index is 328. The summed E-state index contributed by atoms with van der Waals surface area (Å²) in [6, 6.07) is 7.77. The van der Waals surface area contributed by atoms with Gasteiger partial charge in [-0.1, -0.05) is 18.2 Å². The third-order valence-electron chi connectivity index (χ3n) is 1.99. The summed E-state index contributed by atoms with van der Waals surface area (Å²) in [6.07, 6.45) is 0.452. The molecule has 1 aromatic rings. The first kappa shape index (κ1) is 11.9. The largest absolute Gasteiger partial charge is 0.469 e. The predicted octanol–water partition coefficient (Wildman–Crippen LogP) is 2.07. The number of carbonyl (C=O) groups excluding carboxylic acids is 1. The topological polar surface area (TPSA) is 52.3 Å². The molecular weight excluding hydrogens is 210 g/mol. The zero-order valence-electron chi connectivity index (χ0n) is 8.73. The molecule has 2 N–H and O–H groups in total. The van der Waals surface area contributed by atoms with E-state index in [0.717, 1.165) is 22.8 Å². The van der Waals surface area contributed by atoms with Crippen LogP contribution in [0.4, 0.5) is 5.69 Å². The molecule has 0 spiro atoms. The summed E-state index contributed by atoms with van der Waals surface area (Å²) in [5.74, 6) is 1.44. The Morgan fingerprint density at radius 1 is 1.47 bits per heavy atom. The monoisotopic (exact) mass is 225 g/mol. The Balaban J connectivity index is 2.26. The van der Waals surface area contributed by atoms with Crippen LogP contribution in [0, 0.1) is 0 Å². The van der Waals surface area contributed by atoms with Crippen LogP contribution in [-0.4, -0.2) is 18.8 Å². The van der Waals surface area contributed by atoms with E-state index in [-0.39, 0.29) is 5.97 Å². The lowest BCUT2D eigenvalue weighted by Gasteiger charge is -2.04. The van der Waals surface area contributed by atoms with Gasteiger partial charge in [0.1, 0.15) is 0 Å². The first-order chi connectivity index (χ1) is 7.24. The third kappa shape index (κ3) is 4.25. The first-order valence-corrected chi connectivity index (χ1v) is 5.87. The van der Waals surface area contributed by atoms with E-state index >= 15 is 0 Å². The van der Waals surface area contributed by atoms with Crippen molar-refractivity contribution in [2.45, 2.75) is 12.2 Å². The van der Waals surface area contributed by atoms with Gasteiger partial charge in [-0.2, -0.15) is 11.8 Å². The molecule has 4 heteroatoms. The van der Waals surface area contributed by atoms with Crippen molar-refractivity contribution in [3.8, 4) is 0 Å². The summed E-state index contributed by atoms with van der Waals surface area (Å²) >= 11 is 1.68. The van der Waals surface area contributed by atoms with E-state index in [0.29, 0.717) is 6.42 Å². The Labute approximate surface area is 94.0 Å². The van der Waals surface area contributed by atoms with Crippen LogP contribution in [0.25, 0.3) is 0 Å². The van der Waals surface area contributed by atoms with Crippen LogP contribution >= 0.6 is 11.8 Å². The van der Waals surface area contributed by atoms with Crippen molar-refractivity contribution in [1.82, 2.24) is 0 Å². The van der Waals surface area contributed by atoms with Crippen molar-refractivity contribution in [2.24, 2.45) is 0 Å². The molecule has 0 amide bonds. The SMILES string of the molecule is COC(=O)CCSCc1ccccc1N. The molecule has 0 heterocycles. The molecule has 0 bridgehead atoms. The number of rotatable bonds is 5. The second kappa shape index (κ2) is 6.35. The molecule has 1 aromatic carbocycles. The summed E-state index contributed by atoms with van der Waals surface area (Å²) in [4.78, 5) is 10.8. The summed E-state index contributed by atoms with van der Waals surface area (Å²) in [7, 11) is 1.40. The molecule has 0 saturated heterocycles. The zero-order chi connectivity index (χ0) is 11.1. The predicted molar refractivity (Wildman–Crippen MR) is 63.6 cm³/mol. The van der Waals surface area contributed by atoms with Crippen LogP contribution in [-0.2, 0) is 15.3 Å². The molecule has 3 nitrogen and oxygen atoms in total. The van der Waals surface area contributed by atoms with Crippen LogP contribution in [0.1, 0.15) is 12.0 Å². The number of hydrogen-bond donors (Lipinski definition) is 1. The fourth-order valence-electron chi connectivity index (χ4n) is 1.11. The van der Waals surface area contributed by atoms with Gasteiger partial charge in [-0.25, -0.2) is 0 Å². The van der Waals surface area contributed by atoms with Crippen LogP contribution < -0.4 is 5.73 Å². The molecule has 0 aliphatic heterocycles. The number of carbonyl (C=O) groups is 1. The molecule has 0 aliphatic carbocycles. The highest BCUT2D eigenvalue weighted by atomic mass is 32.2. The van der Waals surface area contributed by atoms with Crippen LogP contribution in [0.5, 0.6) is 0 Å². The van der Waals surface area contributed by atoms with Gasteiger partial charge in [0, 0.05) is 17.2 Å². The summed E-state index contributed by atoms with van der Waals surface area (Å²) < 4.78 is 4.55. The molecule has 0 unspecified atom stereocenters. The lowest BCUT2D eigenvalue weighted by Crippen LogP contribution is -2.01. The number of nitrogen functional groups attached to an aromatic ring is 1. The number of nitrogens with two attached hydrogens (primary N) is 1. The van der Waals surface area contributed by atoms with E-state index in [9.17, 15) is 4.79 Å². The molecule has 15 heavy (non-hydrogen) atoms. The number of hydrogen-bond acceptors (Lipinski definition) is 4. The molecule has 82 valence electrons. The molecule has 0 atom stereocenters. The van der Waals surface area contributed by atoms with Gasteiger partial charge in [-0.15, -0.1) is 0 Å². The number of para-hydroxylation sites is 1. The highest BCUT2D eigenvalue weighted by molar-refractivity contribution is 7.98. The van der Waals surface area contributed by atoms with Gasteiger partial charge in [-0.3, -0.25) is 4.79 Å². The van der Waals surface area contributed by atoms with Crippen molar-refractivity contribution >= 4 is 23.4 Å². The number of methoxy groups -OCH3 is 1. The fraction of sp³-hybridized carbons (Fsp3) is 0.364. The van der Waals surface area contributed by atoms with E-state index in [4.69, 9.17) is 5.73 Å². The smallest absolute Gasteiger partial charge is 0.306 e. The normalized spacial score (nSPS) is 9.93. The van der Waals surface area contributed by atoms with Gasteiger partial charge >= 0.3 is 5.97 Å². The summed E-state index contributed by atoms with van der Waals surface area (Å²) in [5, 5.41) is 0. The van der Waals surface area contributed by atoms with E-state index in [1.807, 2.05) is 24.3 Å². The molecular formula is C11H15NO2S. The minimum atomic E-state index is -0.163.